The summed E-state index contributed by atoms with van der Waals surface area (Å²) in [4.78, 5) is 41.5. The van der Waals surface area contributed by atoms with Gasteiger partial charge in [0.15, 0.2) is 0 Å². The first-order valence-corrected chi connectivity index (χ1v) is 8.74. The highest BCUT2D eigenvalue weighted by Crippen LogP contribution is 2.28. The average molecular weight is 344 g/mol. The monoisotopic (exact) mass is 344 g/mol. The van der Waals surface area contributed by atoms with E-state index in [0.717, 1.165) is 17.7 Å². The number of likely N-dealkylation sites (tertiary alicyclic amines) is 1. The van der Waals surface area contributed by atoms with Gasteiger partial charge in [0.25, 0.3) is 11.8 Å². The summed E-state index contributed by atoms with van der Waals surface area (Å²) < 4.78 is 5.35. The summed E-state index contributed by atoms with van der Waals surface area (Å²) in [5.74, 6) is -1.06. The third kappa shape index (κ3) is 3.06. The molecule has 1 atom stereocenters. The van der Waals surface area contributed by atoms with Crippen molar-refractivity contribution in [3.8, 4) is 0 Å². The zero-order valence-corrected chi connectivity index (χ0v) is 14.9. The van der Waals surface area contributed by atoms with E-state index in [1.807, 2.05) is 13.8 Å². The van der Waals surface area contributed by atoms with Gasteiger partial charge >= 0.3 is 0 Å². The largest absolute Gasteiger partial charge is 0.381 e. The predicted octanol–water partition coefficient (Wildman–Crippen LogP) is 1.94. The average Bonchev–Trinajstić information content (AvgIpc) is 2.87. The SMILES string of the molecule is COC1CCN(C(=O)C(C(C)C)N2C(=O)c3ccccc3C2=O)CC1. The van der Waals surface area contributed by atoms with Crippen molar-refractivity contribution in [1.82, 2.24) is 9.80 Å². The molecule has 1 aromatic carbocycles. The predicted molar refractivity (Wildman–Crippen MR) is 92.2 cm³/mol. The molecule has 0 radical (unpaired) electrons. The summed E-state index contributed by atoms with van der Waals surface area (Å²) >= 11 is 0. The Balaban J connectivity index is 1.84. The van der Waals surface area contributed by atoms with Crippen LogP contribution in [-0.2, 0) is 9.53 Å². The minimum absolute atomic E-state index is 0.154. The third-order valence-corrected chi connectivity index (χ3v) is 5.08. The van der Waals surface area contributed by atoms with Gasteiger partial charge in [-0.25, -0.2) is 0 Å². The number of carbonyl (C=O) groups excluding carboxylic acids is 3. The van der Waals surface area contributed by atoms with E-state index < -0.39 is 6.04 Å². The lowest BCUT2D eigenvalue weighted by atomic mass is 9.99. The summed E-state index contributed by atoms with van der Waals surface area (Å²) in [7, 11) is 1.68. The minimum atomic E-state index is -0.772. The number of imide groups is 1. The van der Waals surface area contributed by atoms with Crippen LogP contribution in [0.5, 0.6) is 0 Å². The first kappa shape index (κ1) is 17.6. The molecule has 6 heteroatoms. The first-order chi connectivity index (χ1) is 12.0. The van der Waals surface area contributed by atoms with Crippen LogP contribution in [0, 0.1) is 5.92 Å². The van der Waals surface area contributed by atoms with Gasteiger partial charge < -0.3 is 9.64 Å². The summed E-state index contributed by atoms with van der Waals surface area (Å²) in [5, 5.41) is 0. The van der Waals surface area contributed by atoms with Crippen molar-refractivity contribution in [3.05, 3.63) is 35.4 Å². The van der Waals surface area contributed by atoms with Crippen molar-refractivity contribution in [2.24, 2.45) is 5.92 Å². The Labute approximate surface area is 147 Å². The molecule has 0 aromatic heterocycles. The van der Waals surface area contributed by atoms with Gasteiger partial charge in [-0.3, -0.25) is 19.3 Å². The summed E-state index contributed by atoms with van der Waals surface area (Å²) in [6, 6.07) is 5.97. The molecule has 1 unspecified atom stereocenters. The van der Waals surface area contributed by atoms with Gasteiger partial charge in [-0.1, -0.05) is 26.0 Å². The molecule has 0 bridgehead atoms. The molecular weight excluding hydrogens is 320 g/mol. The Bertz CT molecular complexity index is 657. The van der Waals surface area contributed by atoms with E-state index in [9.17, 15) is 14.4 Å². The van der Waals surface area contributed by atoms with Crippen LogP contribution in [0.1, 0.15) is 47.4 Å². The number of fused-ring (bicyclic) bond motifs is 1. The number of amides is 3. The second-order valence-corrected chi connectivity index (χ2v) is 6.98. The zero-order valence-electron chi connectivity index (χ0n) is 14.9. The van der Waals surface area contributed by atoms with Gasteiger partial charge in [0.2, 0.25) is 5.91 Å². The van der Waals surface area contributed by atoms with Gasteiger partial charge in [-0.05, 0) is 30.9 Å². The lowest BCUT2D eigenvalue weighted by molar-refractivity contribution is -0.139. The van der Waals surface area contributed by atoms with Crippen molar-refractivity contribution >= 4 is 17.7 Å². The molecule has 0 aliphatic carbocycles. The van der Waals surface area contributed by atoms with Crippen LogP contribution in [0.15, 0.2) is 24.3 Å². The number of hydrogen-bond donors (Lipinski definition) is 0. The van der Waals surface area contributed by atoms with E-state index in [0.29, 0.717) is 24.2 Å². The van der Waals surface area contributed by atoms with Gasteiger partial charge in [-0.2, -0.15) is 0 Å². The maximum atomic E-state index is 13.1. The van der Waals surface area contributed by atoms with Crippen molar-refractivity contribution in [2.75, 3.05) is 20.2 Å². The fourth-order valence-corrected chi connectivity index (χ4v) is 3.65. The molecule has 2 heterocycles. The zero-order chi connectivity index (χ0) is 18.1. The number of rotatable bonds is 4. The number of hydrogen-bond acceptors (Lipinski definition) is 4. The van der Waals surface area contributed by atoms with Crippen LogP contribution in [0.2, 0.25) is 0 Å². The number of piperidine rings is 1. The summed E-state index contributed by atoms with van der Waals surface area (Å²) in [6.45, 7) is 4.91. The Morgan fingerprint density at radius 2 is 1.60 bits per heavy atom. The Hall–Kier alpha value is -2.21. The number of nitrogens with zero attached hydrogens (tertiary/aromatic N) is 2. The minimum Gasteiger partial charge on any atom is -0.381 e. The smallest absolute Gasteiger partial charge is 0.262 e. The van der Waals surface area contributed by atoms with Crippen molar-refractivity contribution in [2.45, 2.75) is 38.8 Å². The second kappa shape index (κ2) is 6.96. The summed E-state index contributed by atoms with van der Waals surface area (Å²) in [5.41, 5.74) is 0.757. The molecule has 134 valence electrons. The van der Waals surface area contributed by atoms with E-state index in [1.54, 1.807) is 36.3 Å². The highest BCUT2D eigenvalue weighted by molar-refractivity contribution is 6.22. The van der Waals surface area contributed by atoms with Gasteiger partial charge in [0, 0.05) is 20.2 Å². The number of ether oxygens (including phenoxy) is 1. The van der Waals surface area contributed by atoms with Crippen molar-refractivity contribution in [3.63, 3.8) is 0 Å². The molecule has 1 fully saturated rings. The maximum absolute atomic E-state index is 13.1. The number of carbonyl (C=O) groups is 3. The van der Waals surface area contributed by atoms with E-state index in [2.05, 4.69) is 0 Å². The number of methoxy groups -OCH3 is 1. The topological polar surface area (TPSA) is 66.9 Å². The van der Waals surface area contributed by atoms with Crippen LogP contribution in [0.4, 0.5) is 0 Å². The van der Waals surface area contributed by atoms with E-state index in [1.165, 1.54) is 0 Å². The highest BCUT2D eigenvalue weighted by Gasteiger charge is 2.45. The lowest BCUT2D eigenvalue weighted by Crippen LogP contribution is -2.55. The van der Waals surface area contributed by atoms with Gasteiger partial charge in [0.1, 0.15) is 6.04 Å². The second-order valence-electron chi connectivity index (χ2n) is 6.98. The molecule has 2 aliphatic rings. The Kier molecular flexibility index (Phi) is 4.90. The third-order valence-electron chi connectivity index (χ3n) is 5.08. The molecule has 2 aliphatic heterocycles. The number of benzene rings is 1. The Morgan fingerprint density at radius 3 is 2.04 bits per heavy atom. The van der Waals surface area contributed by atoms with Crippen LogP contribution in [0.25, 0.3) is 0 Å². The first-order valence-electron chi connectivity index (χ1n) is 8.74. The van der Waals surface area contributed by atoms with E-state index in [4.69, 9.17) is 4.74 Å². The van der Waals surface area contributed by atoms with E-state index >= 15 is 0 Å². The van der Waals surface area contributed by atoms with Crippen LogP contribution in [-0.4, -0.2) is 59.9 Å². The molecule has 3 amide bonds. The molecule has 25 heavy (non-hydrogen) atoms. The fraction of sp³-hybridized carbons (Fsp3) is 0.526. The summed E-state index contributed by atoms with van der Waals surface area (Å²) in [6.07, 6.45) is 1.71. The molecular formula is C19H24N2O4. The van der Waals surface area contributed by atoms with Crippen LogP contribution in [0.3, 0.4) is 0 Å². The lowest BCUT2D eigenvalue weighted by Gasteiger charge is -2.37. The normalized spacial score (nSPS) is 19.5. The van der Waals surface area contributed by atoms with Gasteiger partial charge in [-0.15, -0.1) is 0 Å². The standard InChI is InChI=1S/C19H24N2O4/c1-12(2)16(19(24)20-10-8-13(25-3)9-11-20)21-17(22)14-6-4-5-7-15(14)18(21)23/h4-7,12-13,16H,8-11H2,1-3H3. The van der Waals surface area contributed by atoms with E-state index in [-0.39, 0.29) is 29.7 Å². The molecule has 3 rings (SSSR count). The van der Waals surface area contributed by atoms with Crippen molar-refractivity contribution in [1.29, 1.82) is 0 Å². The molecule has 0 spiro atoms. The van der Waals surface area contributed by atoms with Crippen LogP contribution < -0.4 is 0 Å². The van der Waals surface area contributed by atoms with Crippen LogP contribution >= 0.6 is 0 Å². The van der Waals surface area contributed by atoms with Gasteiger partial charge in [0.05, 0.1) is 17.2 Å². The molecule has 6 nitrogen and oxygen atoms in total. The molecule has 0 N–H and O–H groups in total. The Morgan fingerprint density at radius 1 is 1.08 bits per heavy atom. The molecule has 1 aromatic rings. The fourth-order valence-electron chi connectivity index (χ4n) is 3.65. The quantitative estimate of drug-likeness (QED) is 0.783. The molecule has 1 saturated heterocycles. The maximum Gasteiger partial charge on any atom is 0.262 e. The van der Waals surface area contributed by atoms with Crippen molar-refractivity contribution < 1.29 is 19.1 Å². The molecule has 0 saturated carbocycles. The highest BCUT2D eigenvalue weighted by atomic mass is 16.5.